The Morgan fingerprint density at radius 3 is 2.70 bits per heavy atom. The van der Waals surface area contributed by atoms with Gasteiger partial charge in [0.05, 0.1) is 12.0 Å². The molecule has 2 heterocycles. The number of nitrogens with two attached hydrogens (primary N) is 1. The molecule has 0 amide bonds. The molecular weight excluding hydrogens is 248 g/mol. The van der Waals surface area contributed by atoms with Crippen molar-refractivity contribution in [2.45, 2.75) is 52.1 Å². The van der Waals surface area contributed by atoms with Gasteiger partial charge in [0.25, 0.3) is 0 Å². The molecule has 0 aromatic carbocycles. The van der Waals surface area contributed by atoms with Gasteiger partial charge in [0.2, 0.25) is 0 Å². The molecule has 1 atom stereocenters. The molecule has 0 radical (unpaired) electrons. The number of hydrogen-bond donors (Lipinski definition) is 1. The molecule has 1 aromatic rings. The Kier molecular flexibility index (Phi) is 5.61. The van der Waals surface area contributed by atoms with Crippen LogP contribution in [0.15, 0.2) is 12.5 Å². The first-order valence-corrected chi connectivity index (χ1v) is 8.00. The number of nitrogens with zero attached hydrogens (tertiary/aromatic N) is 3. The van der Waals surface area contributed by atoms with Gasteiger partial charge < -0.3 is 15.2 Å². The molecule has 114 valence electrons. The summed E-state index contributed by atoms with van der Waals surface area (Å²) in [5.74, 6) is 1.49. The summed E-state index contributed by atoms with van der Waals surface area (Å²) in [5, 5.41) is 0. The normalized spacial score (nSPS) is 19.6. The van der Waals surface area contributed by atoms with Crippen LogP contribution >= 0.6 is 0 Å². The second-order valence-corrected chi connectivity index (χ2v) is 6.78. The molecule has 2 rings (SSSR count). The number of piperidine rings is 1. The molecule has 0 saturated carbocycles. The van der Waals surface area contributed by atoms with Crippen LogP contribution in [-0.4, -0.2) is 34.6 Å². The molecule has 1 unspecified atom stereocenters. The molecule has 1 saturated heterocycles. The average molecular weight is 278 g/mol. The molecule has 1 aliphatic rings. The Labute approximate surface area is 123 Å². The van der Waals surface area contributed by atoms with E-state index in [2.05, 4.69) is 35.3 Å². The Morgan fingerprint density at radius 1 is 1.35 bits per heavy atom. The Hall–Kier alpha value is -0.870. The van der Waals surface area contributed by atoms with Gasteiger partial charge >= 0.3 is 0 Å². The maximum absolute atomic E-state index is 6.30. The van der Waals surface area contributed by atoms with Gasteiger partial charge in [-0.1, -0.05) is 13.8 Å². The van der Waals surface area contributed by atoms with Crippen molar-refractivity contribution in [3.8, 4) is 0 Å². The van der Waals surface area contributed by atoms with E-state index in [-0.39, 0.29) is 6.04 Å². The average Bonchev–Trinajstić information content (AvgIpc) is 2.86. The Morgan fingerprint density at radius 2 is 2.05 bits per heavy atom. The summed E-state index contributed by atoms with van der Waals surface area (Å²) < 4.78 is 2.27. The van der Waals surface area contributed by atoms with Crippen LogP contribution < -0.4 is 5.73 Å². The van der Waals surface area contributed by atoms with Gasteiger partial charge in [0.15, 0.2) is 0 Å². The quantitative estimate of drug-likeness (QED) is 0.870. The van der Waals surface area contributed by atoms with E-state index in [0.717, 1.165) is 18.9 Å². The van der Waals surface area contributed by atoms with Crippen molar-refractivity contribution in [3.05, 3.63) is 18.2 Å². The summed E-state index contributed by atoms with van der Waals surface area (Å²) in [5.41, 5.74) is 7.50. The zero-order valence-electron chi connectivity index (χ0n) is 13.3. The largest absolute Gasteiger partial charge is 0.333 e. The van der Waals surface area contributed by atoms with Crippen molar-refractivity contribution >= 4 is 0 Å². The lowest BCUT2D eigenvalue weighted by Gasteiger charge is -2.29. The molecule has 4 heteroatoms. The minimum Gasteiger partial charge on any atom is -0.333 e. The number of rotatable bonds is 6. The summed E-state index contributed by atoms with van der Waals surface area (Å²) in [6, 6.07) is 0.120. The van der Waals surface area contributed by atoms with Gasteiger partial charge in [-0.05, 0) is 57.7 Å². The van der Waals surface area contributed by atoms with Crippen molar-refractivity contribution in [3.63, 3.8) is 0 Å². The van der Waals surface area contributed by atoms with Crippen LogP contribution in [0.5, 0.6) is 0 Å². The number of aryl methyl sites for hydroxylation is 1. The van der Waals surface area contributed by atoms with Crippen LogP contribution in [0.4, 0.5) is 0 Å². The molecule has 1 aromatic heterocycles. The molecular formula is C16H30N4. The lowest BCUT2D eigenvalue weighted by atomic mass is 9.94. The van der Waals surface area contributed by atoms with Crippen molar-refractivity contribution in [1.29, 1.82) is 0 Å². The van der Waals surface area contributed by atoms with Gasteiger partial charge in [0, 0.05) is 18.8 Å². The van der Waals surface area contributed by atoms with Crippen molar-refractivity contribution in [2.75, 3.05) is 20.1 Å². The first-order chi connectivity index (χ1) is 9.56. The first kappa shape index (κ1) is 15.5. The fraction of sp³-hybridized carbons (Fsp3) is 0.812. The molecule has 0 bridgehead atoms. The van der Waals surface area contributed by atoms with E-state index in [1.54, 1.807) is 0 Å². The lowest BCUT2D eigenvalue weighted by molar-refractivity contribution is 0.207. The summed E-state index contributed by atoms with van der Waals surface area (Å²) >= 11 is 0. The molecule has 0 spiro atoms. The summed E-state index contributed by atoms with van der Waals surface area (Å²) in [6.45, 7) is 8.00. The number of imidazole rings is 1. The minimum atomic E-state index is 0.120. The van der Waals surface area contributed by atoms with Gasteiger partial charge in [-0.15, -0.1) is 0 Å². The zero-order chi connectivity index (χ0) is 14.5. The van der Waals surface area contributed by atoms with Gasteiger partial charge in [-0.2, -0.15) is 0 Å². The number of likely N-dealkylation sites (tertiary alicyclic amines) is 1. The predicted octanol–water partition coefficient (Wildman–Crippen LogP) is 2.66. The second-order valence-electron chi connectivity index (χ2n) is 6.78. The molecule has 20 heavy (non-hydrogen) atoms. The van der Waals surface area contributed by atoms with E-state index in [4.69, 9.17) is 5.73 Å². The van der Waals surface area contributed by atoms with Gasteiger partial charge in [0.1, 0.15) is 0 Å². The highest BCUT2D eigenvalue weighted by atomic mass is 15.1. The second kappa shape index (κ2) is 7.23. The fourth-order valence-corrected chi connectivity index (χ4v) is 3.13. The number of hydrogen-bond acceptors (Lipinski definition) is 3. The minimum absolute atomic E-state index is 0.120. The van der Waals surface area contributed by atoms with Gasteiger partial charge in [-0.3, -0.25) is 0 Å². The maximum Gasteiger partial charge on any atom is 0.0948 e. The first-order valence-electron chi connectivity index (χ1n) is 8.00. The standard InChI is InChI=1S/C16H30N4/c1-13(2)10-15(17)16-11-18-12-20(16)9-6-14-4-7-19(3)8-5-14/h11-15H,4-10,17H2,1-3H3. The van der Waals surface area contributed by atoms with Gasteiger partial charge in [-0.25, -0.2) is 4.98 Å². The molecule has 4 nitrogen and oxygen atoms in total. The highest BCUT2D eigenvalue weighted by Crippen LogP contribution is 2.22. The topological polar surface area (TPSA) is 47.1 Å². The molecule has 1 fully saturated rings. The van der Waals surface area contributed by atoms with Crippen molar-refractivity contribution in [2.24, 2.45) is 17.6 Å². The van der Waals surface area contributed by atoms with E-state index in [1.807, 2.05) is 12.5 Å². The smallest absolute Gasteiger partial charge is 0.0948 e. The van der Waals surface area contributed by atoms with Crippen LogP contribution in [0, 0.1) is 11.8 Å². The van der Waals surface area contributed by atoms with Crippen LogP contribution in [0.1, 0.15) is 51.3 Å². The zero-order valence-corrected chi connectivity index (χ0v) is 13.3. The monoisotopic (exact) mass is 278 g/mol. The van der Waals surface area contributed by atoms with Crippen LogP contribution in [0.3, 0.4) is 0 Å². The third kappa shape index (κ3) is 4.32. The van der Waals surface area contributed by atoms with E-state index < -0.39 is 0 Å². The third-order valence-electron chi connectivity index (χ3n) is 4.47. The third-order valence-corrected chi connectivity index (χ3v) is 4.47. The van der Waals surface area contributed by atoms with Crippen molar-refractivity contribution in [1.82, 2.24) is 14.5 Å². The molecule has 0 aliphatic carbocycles. The van der Waals surface area contributed by atoms with E-state index >= 15 is 0 Å². The summed E-state index contributed by atoms with van der Waals surface area (Å²) in [4.78, 5) is 6.73. The fourth-order valence-electron chi connectivity index (χ4n) is 3.13. The SMILES string of the molecule is CC(C)CC(N)c1cncn1CCC1CCN(C)CC1. The van der Waals surface area contributed by atoms with E-state index in [0.29, 0.717) is 5.92 Å². The lowest BCUT2D eigenvalue weighted by Crippen LogP contribution is -2.30. The highest BCUT2D eigenvalue weighted by molar-refractivity contribution is 5.04. The summed E-state index contributed by atoms with van der Waals surface area (Å²) in [7, 11) is 2.22. The van der Waals surface area contributed by atoms with Crippen LogP contribution in [0.25, 0.3) is 0 Å². The summed E-state index contributed by atoms with van der Waals surface area (Å²) in [6.07, 6.45) is 8.84. The predicted molar refractivity (Wildman–Crippen MR) is 83.4 cm³/mol. The molecule has 1 aliphatic heterocycles. The Balaban J connectivity index is 1.85. The van der Waals surface area contributed by atoms with Crippen molar-refractivity contribution < 1.29 is 0 Å². The highest BCUT2D eigenvalue weighted by Gasteiger charge is 2.18. The van der Waals surface area contributed by atoms with Crippen LogP contribution in [0.2, 0.25) is 0 Å². The van der Waals surface area contributed by atoms with Crippen LogP contribution in [-0.2, 0) is 6.54 Å². The van der Waals surface area contributed by atoms with E-state index in [9.17, 15) is 0 Å². The molecule has 2 N–H and O–H groups in total. The Bertz CT molecular complexity index is 391. The number of aromatic nitrogens is 2. The maximum atomic E-state index is 6.30. The van der Waals surface area contributed by atoms with E-state index in [1.165, 1.54) is 38.0 Å².